The van der Waals surface area contributed by atoms with E-state index in [9.17, 15) is 9.59 Å². The summed E-state index contributed by atoms with van der Waals surface area (Å²) >= 11 is 0. The molecule has 0 aliphatic heterocycles. The fourth-order valence-electron chi connectivity index (χ4n) is 2.63. The molecule has 176 valence electrons. The van der Waals surface area contributed by atoms with Gasteiger partial charge in [-0.3, -0.25) is 9.79 Å². The van der Waals surface area contributed by atoms with Crippen molar-refractivity contribution in [2.24, 2.45) is 4.99 Å². The van der Waals surface area contributed by atoms with Crippen molar-refractivity contribution in [2.45, 2.75) is 58.6 Å². The quantitative estimate of drug-likeness (QED) is 0.156. The van der Waals surface area contributed by atoms with Crippen LogP contribution in [0.15, 0.2) is 35.3 Å². The number of aliphatic imine (C=N–C) groups is 1. The lowest BCUT2D eigenvalue weighted by molar-refractivity contribution is 0.0522. The summed E-state index contributed by atoms with van der Waals surface area (Å²) in [6.45, 7) is 9.05. The van der Waals surface area contributed by atoms with E-state index in [0.29, 0.717) is 31.2 Å². The maximum Gasteiger partial charge on any atom is 0.407 e. The highest BCUT2D eigenvalue weighted by Gasteiger charge is 2.18. The molecule has 0 aromatic heterocycles. The molecule has 1 aromatic carbocycles. The number of carbonyl (C=O) groups excluding carboxylic acids is 2. The lowest BCUT2D eigenvalue weighted by Gasteiger charge is -2.24. The van der Waals surface area contributed by atoms with Crippen molar-refractivity contribution in [3.8, 4) is 0 Å². The number of hydrogen-bond acceptors (Lipinski definition) is 4. The number of amides is 2. The van der Waals surface area contributed by atoms with E-state index in [1.54, 1.807) is 19.2 Å². The van der Waals surface area contributed by atoms with Gasteiger partial charge in [0, 0.05) is 38.3 Å². The molecule has 4 N–H and O–H groups in total. The monoisotopic (exact) mass is 547 g/mol. The standard InChI is InChI=1S/C22H37N5O3.HI/c1-6-7-13-18(16-26-21(29)30-22(2,3)4)27-20(23-5)25-15-14-24-19(28)17-11-9-8-10-12-17;/h8-12,18H,6-7,13-16H2,1-5H3,(H,24,28)(H,26,29)(H2,23,25,27);1H. The van der Waals surface area contributed by atoms with Crippen molar-refractivity contribution in [1.29, 1.82) is 0 Å². The molecule has 0 spiro atoms. The Morgan fingerprint density at radius 3 is 2.29 bits per heavy atom. The highest BCUT2D eigenvalue weighted by Crippen LogP contribution is 2.07. The number of rotatable bonds is 10. The van der Waals surface area contributed by atoms with Crippen molar-refractivity contribution in [3.05, 3.63) is 35.9 Å². The third kappa shape index (κ3) is 13.8. The van der Waals surface area contributed by atoms with Crippen LogP contribution in [0.1, 0.15) is 57.3 Å². The van der Waals surface area contributed by atoms with E-state index < -0.39 is 11.7 Å². The highest BCUT2D eigenvalue weighted by atomic mass is 127. The zero-order chi connectivity index (χ0) is 22.4. The van der Waals surface area contributed by atoms with Crippen LogP contribution in [0.2, 0.25) is 0 Å². The molecular formula is C22H38IN5O3. The Bertz CT molecular complexity index is 677. The molecule has 0 saturated heterocycles. The van der Waals surface area contributed by atoms with Gasteiger partial charge < -0.3 is 26.0 Å². The van der Waals surface area contributed by atoms with Gasteiger partial charge in [0.1, 0.15) is 5.60 Å². The summed E-state index contributed by atoms with van der Waals surface area (Å²) < 4.78 is 5.30. The summed E-state index contributed by atoms with van der Waals surface area (Å²) in [4.78, 5) is 28.2. The summed E-state index contributed by atoms with van der Waals surface area (Å²) in [5.74, 6) is 0.513. The molecule has 2 amide bonds. The number of nitrogens with one attached hydrogen (secondary N) is 4. The van der Waals surface area contributed by atoms with Crippen molar-refractivity contribution >= 4 is 41.9 Å². The summed E-state index contributed by atoms with van der Waals surface area (Å²) in [5, 5.41) is 12.2. The Balaban J connectivity index is 0.00000900. The normalized spacial score (nSPS) is 12.2. The minimum atomic E-state index is -0.530. The first-order valence-electron chi connectivity index (χ1n) is 10.5. The molecule has 1 aromatic rings. The van der Waals surface area contributed by atoms with Crippen LogP contribution in [0.4, 0.5) is 4.79 Å². The molecule has 1 unspecified atom stereocenters. The maximum atomic E-state index is 12.1. The fraction of sp³-hybridized carbons (Fsp3) is 0.591. The van der Waals surface area contributed by atoms with Gasteiger partial charge in [0.25, 0.3) is 5.91 Å². The van der Waals surface area contributed by atoms with Crippen LogP contribution in [-0.2, 0) is 4.74 Å². The van der Waals surface area contributed by atoms with Gasteiger partial charge in [0.2, 0.25) is 0 Å². The second-order valence-electron chi connectivity index (χ2n) is 7.99. The number of alkyl carbamates (subject to hydrolysis) is 1. The van der Waals surface area contributed by atoms with Gasteiger partial charge in [-0.2, -0.15) is 0 Å². The molecule has 0 fully saturated rings. The molecule has 0 bridgehead atoms. The summed E-state index contributed by atoms with van der Waals surface area (Å²) in [7, 11) is 1.69. The Morgan fingerprint density at radius 1 is 1.06 bits per heavy atom. The third-order valence-corrected chi connectivity index (χ3v) is 4.10. The largest absolute Gasteiger partial charge is 0.444 e. The Morgan fingerprint density at radius 2 is 1.71 bits per heavy atom. The Kier molecular flexibility index (Phi) is 14.7. The molecule has 8 nitrogen and oxygen atoms in total. The van der Waals surface area contributed by atoms with Gasteiger partial charge in [0.05, 0.1) is 0 Å². The van der Waals surface area contributed by atoms with Gasteiger partial charge in [0.15, 0.2) is 5.96 Å². The average molecular weight is 547 g/mol. The van der Waals surface area contributed by atoms with Crippen LogP contribution >= 0.6 is 24.0 Å². The molecule has 31 heavy (non-hydrogen) atoms. The smallest absolute Gasteiger partial charge is 0.407 e. The number of nitrogens with zero attached hydrogens (tertiary/aromatic N) is 1. The molecule has 9 heteroatoms. The van der Waals surface area contributed by atoms with Gasteiger partial charge in [-0.15, -0.1) is 24.0 Å². The Hall–Kier alpha value is -2.04. The molecule has 1 atom stereocenters. The van der Waals surface area contributed by atoms with Crippen molar-refractivity contribution in [2.75, 3.05) is 26.7 Å². The summed E-state index contributed by atoms with van der Waals surface area (Å²) in [5.41, 5.74) is 0.103. The number of benzene rings is 1. The van der Waals surface area contributed by atoms with E-state index in [1.807, 2.05) is 39.0 Å². The molecular weight excluding hydrogens is 509 g/mol. The van der Waals surface area contributed by atoms with Crippen LogP contribution in [0.3, 0.4) is 0 Å². The summed E-state index contributed by atoms with van der Waals surface area (Å²) in [6.07, 6.45) is 2.54. The second kappa shape index (κ2) is 15.7. The zero-order valence-corrected chi connectivity index (χ0v) is 21.6. The van der Waals surface area contributed by atoms with Crippen molar-refractivity contribution in [3.63, 3.8) is 0 Å². The predicted octanol–water partition coefficient (Wildman–Crippen LogP) is 3.28. The fourth-order valence-corrected chi connectivity index (χ4v) is 2.63. The van der Waals surface area contributed by atoms with E-state index in [1.165, 1.54) is 0 Å². The van der Waals surface area contributed by atoms with E-state index in [2.05, 4.69) is 33.2 Å². The van der Waals surface area contributed by atoms with E-state index in [0.717, 1.165) is 19.3 Å². The molecule has 0 heterocycles. The van der Waals surface area contributed by atoms with Crippen LogP contribution in [0, 0.1) is 0 Å². The Labute approximate surface area is 203 Å². The topological polar surface area (TPSA) is 104 Å². The molecule has 0 saturated carbocycles. The zero-order valence-electron chi connectivity index (χ0n) is 19.3. The molecule has 0 aliphatic rings. The molecule has 0 radical (unpaired) electrons. The summed E-state index contributed by atoms with van der Waals surface area (Å²) in [6, 6.07) is 9.11. The number of carbonyl (C=O) groups is 2. The van der Waals surface area contributed by atoms with Crippen LogP contribution < -0.4 is 21.3 Å². The van der Waals surface area contributed by atoms with E-state index in [-0.39, 0.29) is 35.9 Å². The lowest BCUT2D eigenvalue weighted by atomic mass is 10.1. The van der Waals surface area contributed by atoms with Crippen molar-refractivity contribution < 1.29 is 14.3 Å². The van der Waals surface area contributed by atoms with Crippen LogP contribution in [0.5, 0.6) is 0 Å². The van der Waals surface area contributed by atoms with Gasteiger partial charge in [-0.1, -0.05) is 38.0 Å². The van der Waals surface area contributed by atoms with Gasteiger partial charge in [-0.25, -0.2) is 4.79 Å². The first-order chi connectivity index (χ1) is 14.2. The van der Waals surface area contributed by atoms with Gasteiger partial charge in [-0.05, 0) is 39.3 Å². The molecule has 1 rings (SSSR count). The van der Waals surface area contributed by atoms with Crippen LogP contribution in [0.25, 0.3) is 0 Å². The number of hydrogen-bond donors (Lipinski definition) is 4. The van der Waals surface area contributed by atoms with Gasteiger partial charge >= 0.3 is 6.09 Å². The molecule has 0 aliphatic carbocycles. The SMILES string of the molecule is CCCCC(CNC(=O)OC(C)(C)C)NC(=NC)NCCNC(=O)c1ccccc1.I. The number of guanidine groups is 1. The average Bonchev–Trinajstić information content (AvgIpc) is 2.71. The minimum absolute atomic E-state index is 0. The first kappa shape index (κ1) is 29.0. The minimum Gasteiger partial charge on any atom is -0.444 e. The van der Waals surface area contributed by atoms with E-state index >= 15 is 0 Å². The maximum absolute atomic E-state index is 12.1. The lowest BCUT2D eigenvalue weighted by Crippen LogP contribution is -2.50. The second-order valence-corrected chi connectivity index (χ2v) is 7.99. The third-order valence-electron chi connectivity index (χ3n) is 4.10. The number of ether oxygens (including phenoxy) is 1. The highest BCUT2D eigenvalue weighted by molar-refractivity contribution is 14.0. The number of unbranched alkanes of at least 4 members (excludes halogenated alkanes) is 1. The van der Waals surface area contributed by atoms with Crippen molar-refractivity contribution in [1.82, 2.24) is 21.3 Å². The number of halogens is 1. The predicted molar refractivity (Wildman–Crippen MR) is 136 cm³/mol. The first-order valence-corrected chi connectivity index (χ1v) is 10.5. The van der Waals surface area contributed by atoms with Crippen LogP contribution in [-0.4, -0.2) is 56.3 Å². The van der Waals surface area contributed by atoms with E-state index in [4.69, 9.17) is 4.74 Å².